The van der Waals surface area contributed by atoms with Crippen LogP contribution < -0.4 is 5.32 Å². The van der Waals surface area contributed by atoms with Crippen LogP contribution in [0.15, 0.2) is 22.7 Å². The average Bonchev–Trinajstić information content (AvgIpc) is 3.03. The lowest BCUT2D eigenvalue weighted by Gasteiger charge is -2.16. The Hall–Kier alpha value is -0.380. The van der Waals surface area contributed by atoms with Crippen molar-refractivity contribution in [3.8, 4) is 0 Å². The minimum Gasteiger partial charge on any atom is -0.377 e. The molecule has 1 unspecified atom stereocenters. The summed E-state index contributed by atoms with van der Waals surface area (Å²) in [7, 11) is 0. The molecule has 0 aliphatic heterocycles. The molecule has 0 saturated heterocycles. The fourth-order valence-electron chi connectivity index (χ4n) is 3.31. The van der Waals surface area contributed by atoms with E-state index in [1.807, 2.05) is 0 Å². The SMILES string of the molecule is Brc1ccc2c(c1)CCC2NCCOC1CCCC1. The highest BCUT2D eigenvalue weighted by molar-refractivity contribution is 9.10. The summed E-state index contributed by atoms with van der Waals surface area (Å²) >= 11 is 3.55. The van der Waals surface area contributed by atoms with E-state index in [-0.39, 0.29) is 0 Å². The van der Waals surface area contributed by atoms with E-state index in [2.05, 4.69) is 39.4 Å². The molecule has 2 nitrogen and oxygen atoms in total. The second-order valence-electron chi connectivity index (χ2n) is 5.67. The van der Waals surface area contributed by atoms with Crippen molar-refractivity contribution < 1.29 is 4.74 Å². The molecular formula is C16H22BrNO. The Morgan fingerprint density at radius 2 is 2.05 bits per heavy atom. The summed E-state index contributed by atoms with van der Waals surface area (Å²) in [5, 5.41) is 3.64. The van der Waals surface area contributed by atoms with Gasteiger partial charge in [0.05, 0.1) is 12.7 Å². The zero-order valence-corrected chi connectivity index (χ0v) is 12.9. The van der Waals surface area contributed by atoms with Crippen molar-refractivity contribution >= 4 is 15.9 Å². The van der Waals surface area contributed by atoms with Gasteiger partial charge in [-0.15, -0.1) is 0 Å². The summed E-state index contributed by atoms with van der Waals surface area (Å²) in [6.07, 6.45) is 8.17. The maximum atomic E-state index is 5.90. The number of nitrogens with one attached hydrogen (secondary N) is 1. The molecule has 2 aliphatic rings. The average molecular weight is 324 g/mol. The number of hydrogen-bond donors (Lipinski definition) is 1. The molecule has 19 heavy (non-hydrogen) atoms. The Kier molecular flexibility index (Phi) is 4.57. The molecule has 0 heterocycles. The van der Waals surface area contributed by atoms with Crippen LogP contribution in [0.4, 0.5) is 0 Å². The fraction of sp³-hybridized carbons (Fsp3) is 0.625. The van der Waals surface area contributed by atoms with E-state index in [1.54, 1.807) is 0 Å². The van der Waals surface area contributed by atoms with Gasteiger partial charge in [0.15, 0.2) is 0 Å². The normalized spacial score (nSPS) is 22.9. The van der Waals surface area contributed by atoms with Gasteiger partial charge in [-0.3, -0.25) is 0 Å². The number of rotatable bonds is 5. The Morgan fingerprint density at radius 3 is 2.89 bits per heavy atom. The Labute approximate surface area is 124 Å². The van der Waals surface area contributed by atoms with Gasteiger partial charge in [0.2, 0.25) is 0 Å². The summed E-state index contributed by atoms with van der Waals surface area (Å²) in [6.45, 7) is 1.82. The highest BCUT2D eigenvalue weighted by Crippen LogP contribution is 2.32. The minimum atomic E-state index is 0.523. The van der Waals surface area contributed by atoms with Crippen molar-refractivity contribution in [2.45, 2.75) is 50.7 Å². The summed E-state index contributed by atoms with van der Waals surface area (Å²) in [6, 6.07) is 7.18. The molecule has 0 aromatic heterocycles. The van der Waals surface area contributed by atoms with Crippen LogP contribution in [0.25, 0.3) is 0 Å². The summed E-state index contributed by atoms with van der Waals surface area (Å²) < 4.78 is 7.09. The lowest BCUT2D eigenvalue weighted by Crippen LogP contribution is -2.25. The predicted molar refractivity (Wildman–Crippen MR) is 81.4 cm³/mol. The van der Waals surface area contributed by atoms with E-state index < -0.39 is 0 Å². The quantitative estimate of drug-likeness (QED) is 0.827. The molecule has 1 saturated carbocycles. The van der Waals surface area contributed by atoms with Crippen molar-refractivity contribution in [3.05, 3.63) is 33.8 Å². The van der Waals surface area contributed by atoms with E-state index in [4.69, 9.17) is 4.74 Å². The standard InChI is InChI=1S/C16H22BrNO/c17-13-6-7-15-12(11-13)5-8-16(15)18-9-10-19-14-3-1-2-4-14/h6-7,11,14,16,18H,1-5,8-10H2. The molecule has 1 atom stereocenters. The van der Waals surface area contributed by atoms with Crippen molar-refractivity contribution in [1.29, 1.82) is 0 Å². The van der Waals surface area contributed by atoms with Crippen molar-refractivity contribution in [2.75, 3.05) is 13.2 Å². The number of ether oxygens (including phenoxy) is 1. The van der Waals surface area contributed by atoms with Crippen LogP contribution in [0.3, 0.4) is 0 Å². The first-order valence-corrected chi connectivity index (χ1v) is 8.25. The molecule has 0 bridgehead atoms. The van der Waals surface area contributed by atoms with Gasteiger partial charge in [0, 0.05) is 17.1 Å². The topological polar surface area (TPSA) is 21.3 Å². The first kappa shape index (κ1) is 13.6. The maximum absolute atomic E-state index is 5.90. The zero-order chi connectivity index (χ0) is 13.1. The summed E-state index contributed by atoms with van der Waals surface area (Å²) in [4.78, 5) is 0. The molecule has 1 aromatic rings. The second kappa shape index (κ2) is 6.38. The van der Waals surface area contributed by atoms with E-state index >= 15 is 0 Å². The molecule has 2 aliphatic carbocycles. The highest BCUT2D eigenvalue weighted by atomic mass is 79.9. The Bertz CT molecular complexity index is 429. The van der Waals surface area contributed by atoms with Crippen LogP contribution in [0.1, 0.15) is 49.3 Å². The van der Waals surface area contributed by atoms with Crippen LogP contribution in [0, 0.1) is 0 Å². The highest BCUT2D eigenvalue weighted by Gasteiger charge is 2.22. The van der Waals surface area contributed by atoms with Gasteiger partial charge in [-0.25, -0.2) is 0 Å². The molecule has 0 radical (unpaired) electrons. The predicted octanol–water partition coefficient (Wildman–Crippen LogP) is 3.99. The molecule has 1 aromatic carbocycles. The van der Waals surface area contributed by atoms with Gasteiger partial charge in [-0.1, -0.05) is 34.8 Å². The van der Waals surface area contributed by atoms with Crippen LogP contribution in [0.5, 0.6) is 0 Å². The third-order valence-corrected chi connectivity index (χ3v) is 4.82. The summed E-state index contributed by atoms with van der Waals surface area (Å²) in [5.41, 5.74) is 2.97. The molecule has 3 heteroatoms. The Morgan fingerprint density at radius 1 is 1.21 bits per heavy atom. The van der Waals surface area contributed by atoms with Crippen molar-refractivity contribution in [3.63, 3.8) is 0 Å². The van der Waals surface area contributed by atoms with Crippen molar-refractivity contribution in [2.24, 2.45) is 0 Å². The number of halogens is 1. The molecule has 0 amide bonds. The smallest absolute Gasteiger partial charge is 0.0594 e. The molecule has 0 spiro atoms. The monoisotopic (exact) mass is 323 g/mol. The first-order valence-electron chi connectivity index (χ1n) is 7.46. The number of benzene rings is 1. The fourth-order valence-corrected chi connectivity index (χ4v) is 3.72. The number of aryl methyl sites for hydroxylation is 1. The lowest BCUT2D eigenvalue weighted by atomic mass is 10.1. The third-order valence-electron chi connectivity index (χ3n) is 4.33. The van der Waals surface area contributed by atoms with Gasteiger partial charge < -0.3 is 10.1 Å². The summed E-state index contributed by atoms with van der Waals surface area (Å²) in [5.74, 6) is 0. The van der Waals surface area contributed by atoms with E-state index in [9.17, 15) is 0 Å². The van der Waals surface area contributed by atoms with Crippen LogP contribution in [-0.2, 0) is 11.2 Å². The molecular weight excluding hydrogens is 302 g/mol. The Balaban J connectivity index is 1.44. The van der Waals surface area contributed by atoms with Gasteiger partial charge in [-0.2, -0.15) is 0 Å². The largest absolute Gasteiger partial charge is 0.377 e. The number of hydrogen-bond acceptors (Lipinski definition) is 2. The van der Waals surface area contributed by atoms with Gasteiger partial charge >= 0.3 is 0 Å². The van der Waals surface area contributed by atoms with E-state index in [1.165, 1.54) is 54.1 Å². The maximum Gasteiger partial charge on any atom is 0.0594 e. The molecule has 1 N–H and O–H groups in total. The van der Waals surface area contributed by atoms with Crippen molar-refractivity contribution in [1.82, 2.24) is 5.32 Å². The molecule has 1 fully saturated rings. The van der Waals surface area contributed by atoms with Crippen LogP contribution >= 0.6 is 15.9 Å². The molecule has 104 valence electrons. The first-order chi connectivity index (χ1) is 9.33. The lowest BCUT2D eigenvalue weighted by molar-refractivity contribution is 0.0591. The molecule has 3 rings (SSSR count). The van der Waals surface area contributed by atoms with Gasteiger partial charge in [-0.05, 0) is 48.9 Å². The van der Waals surface area contributed by atoms with Crippen LogP contribution in [0.2, 0.25) is 0 Å². The third kappa shape index (κ3) is 3.39. The van der Waals surface area contributed by atoms with Crippen LogP contribution in [-0.4, -0.2) is 19.3 Å². The van der Waals surface area contributed by atoms with E-state index in [0.29, 0.717) is 12.1 Å². The second-order valence-corrected chi connectivity index (χ2v) is 6.58. The minimum absolute atomic E-state index is 0.523. The number of fused-ring (bicyclic) bond motifs is 1. The van der Waals surface area contributed by atoms with Gasteiger partial charge in [0.25, 0.3) is 0 Å². The van der Waals surface area contributed by atoms with E-state index in [0.717, 1.165) is 13.2 Å². The van der Waals surface area contributed by atoms with Gasteiger partial charge in [0.1, 0.15) is 0 Å². The zero-order valence-electron chi connectivity index (χ0n) is 11.3.